The first-order valence-corrected chi connectivity index (χ1v) is 6.66. The van der Waals surface area contributed by atoms with E-state index in [9.17, 15) is 13.2 Å². The van der Waals surface area contributed by atoms with Gasteiger partial charge in [-0.3, -0.25) is 5.41 Å². The summed E-state index contributed by atoms with van der Waals surface area (Å²) in [5.74, 6) is -0.258. The number of halogens is 3. The highest BCUT2D eigenvalue weighted by atomic mass is 32.1. The van der Waals surface area contributed by atoms with E-state index in [1.807, 2.05) is 19.0 Å². The predicted octanol–water partition coefficient (Wildman–Crippen LogP) is 2.64. The van der Waals surface area contributed by atoms with Crippen molar-refractivity contribution in [2.45, 2.75) is 12.9 Å². The summed E-state index contributed by atoms with van der Waals surface area (Å²) in [7, 11) is 3.85. The Morgan fingerprint density at radius 3 is 2.65 bits per heavy atom. The monoisotopic (exact) mass is 305 g/mol. The molecule has 2 rings (SSSR count). The van der Waals surface area contributed by atoms with Gasteiger partial charge in [-0.1, -0.05) is 11.3 Å². The number of nitrogens with one attached hydrogen (secondary N) is 1. The van der Waals surface area contributed by atoms with Crippen LogP contribution >= 0.6 is 11.3 Å². The minimum absolute atomic E-state index is 0.258. The van der Waals surface area contributed by atoms with Crippen molar-refractivity contribution < 1.29 is 17.9 Å². The Hall–Kier alpha value is -1.54. The Morgan fingerprint density at radius 1 is 1.35 bits per heavy atom. The van der Waals surface area contributed by atoms with Crippen LogP contribution in [0.5, 0.6) is 5.75 Å². The number of alkyl halides is 3. The zero-order valence-electron chi connectivity index (χ0n) is 11.0. The largest absolute Gasteiger partial charge is 0.573 e. The molecule has 0 amide bonds. The van der Waals surface area contributed by atoms with Crippen LogP contribution in [0.3, 0.4) is 0 Å². The van der Waals surface area contributed by atoms with Crippen LogP contribution in [0.15, 0.2) is 18.2 Å². The number of likely N-dealkylation sites (N-methyl/N-ethyl adjacent to an activating group) is 1. The number of nitrogens with zero attached hydrogens (tertiary/aromatic N) is 2. The van der Waals surface area contributed by atoms with Crippen molar-refractivity contribution in [2.24, 2.45) is 0 Å². The quantitative estimate of drug-likeness (QED) is 0.943. The molecule has 0 aliphatic carbocycles. The lowest BCUT2D eigenvalue weighted by atomic mass is 10.3. The summed E-state index contributed by atoms with van der Waals surface area (Å²) >= 11 is 1.13. The molecule has 0 radical (unpaired) electrons. The van der Waals surface area contributed by atoms with E-state index in [1.165, 1.54) is 12.1 Å². The third-order valence-electron chi connectivity index (χ3n) is 2.68. The van der Waals surface area contributed by atoms with Crippen LogP contribution < -0.4 is 9.54 Å². The maximum Gasteiger partial charge on any atom is 0.573 e. The summed E-state index contributed by atoms with van der Waals surface area (Å²) in [5, 5.41) is 7.89. The standard InChI is InChI=1S/C12H14F3N3OS/c1-17(2)5-6-18-9-4-3-8(19-12(13,14)15)7-10(9)20-11(18)16/h3-4,7,16H,5-6H2,1-2H3. The Balaban J connectivity index is 2.34. The molecule has 8 heteroatoms. The van der Waals surface area contributed by atoms with Crippen molar-refractivity contribution in [3.8, 4) is 5.75 Å². The van der Waals surface area contributed by atoms with E-state index < -0.39 is 6.36 Å². The van der Waals surface area contributed by atoms with Gasteiger partial charge in [0.05, 0.1) is 10.2 Å². The van der Waals surface area contributed by atoms with E-state index in [1.54, 1.807) is 10.6 Å². The van der Waals surface area contributed by atoms with Gasteiger partial charge in [0.25, 0.3) is 0 Å². The van der Waals surface area contributed by atoms with Gasteiger partial charge >= 0.3 is 6.36 Å². The van der Waals surface area contributed by atoms with E-state index in [0.717, 1.165) is 23.4 Å². The zero-order valence-corrected chi connectivity index (χ0v) is 11.8. The van der Waals surface area contributed by atoms with Gasteiger partial charge in [-0.2, -0.15) is 0 Å². The second-order valence-electron chi connectivity index (χ2n) is 4.54. The molecule has 0 spiro atoms. The highest BCUT2D eigenvalue weighted by molar-refractivity contribution is 7.16. The van der Waals surface area contributed by atoms with Crippen LogP contribution in [0.2, 0.25) is 0 Å². The smallest absolute Gasteiger partial charge is 0.406 e. The number of thiazole rings is 1. The van der Waals surface area contributed by atoms with Crippen LogP contribution in [0.4, 0.5) is 13.2 Å². The van der Waals surface area contributed by atoms with Crippen molar-refractivity contribution in [2.75, 3.05) is 20.6 Å². The number of rotatable bonds is 4. The van der Waals surface area contributed by atoms with E-state index in [-0.39, 0.29) is 5.75 Å². The van der Waals surface area contributed by atoms with Crippen LogP contribution in [-0.2, 0) is 6.54 Å². The first-order chi connectivity index (χ1) is 9.26. The Morgan fingerprint density at radius 2 is 2.05 bits per heavy atom. The van der Waals surface area contributed by atoms with Gasteiger partial charge in [-0.25, -0.2) is 0 Å². The second kappa shape index (κ2) is 5.45. The molecule has 0 unspecified atom stereocenters. The molecule has 0 atom stereocenters. The predicted molar refractivity (Wildman–Crippen MR) is 70.9 cm³/mol. The number of ether oxygens (including phenoxy) is 1. The number of fused-ring (bicyclic) bond motifs is 1. The van der Waals surface area contributed by atoms with Crippen LogP contribution in [0.25, 0.3) is 10.2 Å². The first-order valence-electron chi connectivity index (χ1n) is 5.85. The molecule has 1 aromatic carbocycles. The van der Waals surface area contributed by atoms with Crippen molar-refractivity contribution >= 4 is 21.6 Å². The molecule has 0 saturated carbocycles. The minimum atomic E-state index is -4.70. The van der Waals surface area contributed by atoms with Crippen molar-refractivity contribution in [3.05, 3.63) is 23.0 Å². The molecule has 1 aromatic heterocycles. The van der Waals surface area contributed by atoms with E-state index in [0.29, 0.717) is 16.0 Å². The molecular weight excluding hydrogens is 291 g/mol. The Bertz CT molecular complexity index is 660. The van der Waals surface area contributed by atoms with E-state index in [2.05, 4.69) is 4.74 Å². The molecule has 4 nitrogen and oxygen atoms in total. The van der Waals surface area contributed by atoms with E-state index >= 15 is 0 Å². The molecule has 1 heterocycles. The molecule has 0 saturated heterocycles. The highest BCUT2D eigenvalue weighted by Crippen LogP contribution is 2.27. The van der Waals surface area contributed by atoms with Crippen LogP contribution in [-0.4, -0.2) is 36.5 Å². The first kappa shape index (κ1) is 14.9. The van der Waals surface area contributed by atoms with Gasteiger partial charge < -0.3 is 14.2 Å². The van der Waals surface area contributed by atoms with E-state index in [4.69, 9.17) is 5.41 Å². The fourth-order valence-corrected chi connectivity index (χ4v) is 2.75. The third kappa shape index (κ3) is 3.51. The summed E-state index contributed by atoms with van der Waals surface area (Å²) in [6.45, 7) is 1.37. The second-order valence-corrected chi connectivity index (χ2v) is 5.57. The molecule has 0 aliphatic heterocycles. The van der Waals surface area contributed by atoms with Crippen LogP contribution in [0, 0.1) is 5.41 Å². The van der Waals surface area contributed by atoms with Crippen molar-refractivity contribution in [1.82, 2.24) is 9.47 Å². The fraction of sp³-hybridized carbons (Fsp3) is 0.417. The highest BCUT2D eigenvalue weighted by Gasteiger charge is 2.31. The SMILES string of the molecule is CN(C)CCn1c(=N)sc2cc(OC(F)(F)F)ccc21. The van der Waals surface area contributed by atoms with Gasteiger partial charge in [-0.15, -0.1) is 13.2 Å². The number of benzene rings is 1. The third-order valence-corrected chi connectivity index (χ3v) is 3.64. The number of hydrogen-bond donors (Lipinski definition) is 1. The Labute approximate surface area is 117 Å². The lowest BCUT2D eigenvalue weighted by Crippen LogP contribution is -2.23. The molecular formula is C12H14F3N3OS. The topological polar surface area (TPSA) is 41.2 Å². The van der Waals surface area contributed by atoms with Gasteiger partial charge in [-0.05, 0) is 32.3 Å². The summed E-state index contributed by atoms with van der Waals surface area (Å²) < 4.78 is 42.8. The minimum Gasteiger partial charge on any atom is -0.406 e. The van der Waals surface area contributed by atoms with Crippen molar-refractivity contribution in [1.29, 1.82) is 5.41 Å². The maximum atomic E-state index is 12.2. The van der Waals surface area contributed by atoms with Gasteiger partial charge in [0.2, 0.25) is 0 Å². The molecule has 20 heavy (non-hydrogen) atoms. The normalized spacial score (nSPS) is 12.3. The molecule has 0 bridgehead atoms. The number of hydrogen-bond acceptors (Lipinski definition) is 4. The molecule has 0 fully saturated rings. The summed E-state index contributed by atoms with van der Waals surface area (Å²) in [6.07, 6.45) is -4.70. The summed E-state index contributed by atoms with van der Waals surface area (Å²) in [5.41, 5.74) is 0.747. The molecule has 110 valence electrons. The lowest BCUT2D eigenvalue weighted by Gasteiger charge is -2.11. The van der Waals surface area contributed by atoms with Crippen molar-refractivity contribution in [3.63, 3.8) is 0 Å². The van der Waals surface area contributed by atoms with Gasteiger partial charge in [0.1, 0.15) is 5.75 Å². The lowest BCUT2D eigenvalue weighted by molar-refractivity contribution is -0.274. The molecule has 0 aliphatic rings. The van der Waals surface area contributed by atoms with Crippen LogP contribution in [0.1, 0.15) is 0 Å². The maximum absolute atomic E-state index is 12.2. The average Bonchev–Trinajstić information content (AvgIpc) is 2.59. The summed E-state index contributed by atoms with van der Waals surface area (Å²) in [4.78, 5) is 2.29. The van der Waals surface area contributed by atoms with Gasteiger partial charge in [0, 0.05) is 13.1 Å². The zero-order chi connectivity index (χ0) is 14.9. The van der Waals surface area contributed by atoms with Gasteiger partial charge in [0.15, 0.2) is 4.80 Å². The molecule has 1 N–H and O–H groups in total. The Kier molecular flexibility index (Phi) is 4.05. The molecule has 2 aromatic rings. The fourth-order valence-electron chi connectivity index (χ4n) is 1.79. The number of aromatic nitrogens is 1. The average molecular weight is 305 g/mol. The summed E-state index contributed by atoms with van der Waals surface area (Å²) in [6, 6.07) is 4.15.